The number of rotatable bonds is 10. The largest absolute Gasteiger partial charge is 0.493 e. The summed E-state index contributed by atoms with van der Waals surface area (Å²) in [6.07, 6.45) is 9.94. The minimum absolute atomic E-state index is 0.115. The topological polar surface area (TPSA) is 79.9 Å². The predicted molar refractivity (Wildman–Crippen MR) is 138 cm³/mol. The summed E-state index contributed by atoms with van der Waals surface area (Å²) < 4.78 is 11.5. The number of anilines is 1. The van der Waals surface area contributed by atoms with Crippen LogP contribution in [-0.2, 0) is 11.3 Å². The summed E-state index contributed by atoms with van der Waals surface area (Å²) in [6.45, 7) is 3.40. The molecule has 35 heavy (non-hydrogen) atoms. The Bertz CT molecular complexity index is 1080. The van der Waals surface area contributed by atoms with Gasteiger partial charge in [-0.25, -0.2) is 4.79 Å². The molecule has 8 heteroatoms. The molecule has 0 unspecified atom stereocenters. The lowest BCUT2D eigenvalue weighted by molar-refractivity contribution is -0.115. The van der Waals surface area contributed by atoms with Crippen molar-refractivity contribution in [2.45, 2.75) is 51.6 Å². The Balaban J connectivity index is 1.86. The van der Waals surface area contributed by atoms with Gasteiger partial charge in [0.2, 0.25) is 0 Å². The van der Waals surface area contributed by atoms with Crippen LogP contribution in [0.3, 0.4) is 0 Å². The van der Waals surface area contributed by atoms with Crippen LogP contribution < -0.4 is 20.1 Å². The number of terminal acetylenes is 1. The molecule has 1 aliphatic heterocycles. The highest BCUT2D eigenvalue weighted by molar-refractivity contribution is 6.31. The third-order valence-corrected chi connectivity index (χ3v) is 6.33. The van der Waals surface area contributed by atoms with Crippen LogP contribution in [0.25, 0.3) is 0 Å². The second-order valence-electron chi connectivity index (χ2n) is 8.35. The average molecular weight is 498 g/mol. The lowest BCUT2D eigenvalue weighted by Gasteiger charge is -2.27. The molecule has 2 aromatic carbocycles. The standard InChI is InChI=1S/C27H32ClN3O4/c1-4-6-9-15-35-25-17-22(19(16-24(25)34-3)18-29-26(32)5-2)30-27(33)31-14-10-13-23(31)20-11-7-8-12-21(20)28/h2,7-8,11-12,16-17,23H,4,6,9-10,13-15,18H2,1,3H3,(H,29,32)(H,30,33)/t23-/m1/s1. The maximum atomic E-state index is 13.4. The zero-order valence-electron chi connectivity index (χ0n) is 20.2. The quantitative estimate of drug-likeness (QED) is 0.334. The summed E-state index contributed by atoms with van der Waals surface area (Å²) in [5.74, 6) is 2.53. The van der Waals surface area contributed by atoms with Gasteiger partial charge in [0, 0.05) is 24.2 Å². The number of hydrogen-bond donors (Lipinski definition) is 2. The molecule has 1 aliphatic rings. The van der Waals surface area contributed by atoms with Crippen molar-refractivity contribution in [3.05, 3.63) is 52.5 Å². The summed E-state index contributed by atoms with van der Waals surface area (Å²) in [6, 6.07) is 10.7. The van der Waals surface area contributed by atoms with Gasteiger partial charge in [-0.2, -0.15) is 0 Å². The minimum Gasteiger partial charge on any atom is -0.493 e. The third kappa shape index (κ3) is 6.83. The van der Waals surface area contributed by atoms with Crippen LogP contribution >= 0.6 is 11.6 Å². The smallest absolute Gasteiger partial charge is 0.322 e. The molecule has 1 fully saturated rings. The fourth-order valence-corrected chi connectivity index (χ4v) is 4.42. The Morgan fingerprint density at radius 1 is 1.23 bits per heavy atom. The molecule has 1 saturated heterocycles. The first-order valence-electron chi connectivity index (χ1n) is 11.9. The first-order valence-corrected chi connectivity index (χ1v) is 12.3. The van der Waals surface area contributed by atoms with Gasteiger partial charge in [-0.15, -0.1) is 6.42 Å². The molecule has 0 spiro atoms. The number of methoxy groups -OCH3 is 1. The number of unbranched alkanes of at least 4 members (excludes halogenated alkanes) is 2. The van der Waals surface area contributed by atoms with Crippen molar-refractivity contribution in [1.29, 1.82) is 0 Å². The van der Waals surface area contributed by atoms with E-state index in [4.69, 9.17) is 27.5 Å². The van der Waals surface area contributed by atoms with E-state index in [9.17, 15) is 9.59 Å². The van der Waals surface area contributed by atoms with Crippen molar-refractivity contribution in [2.24, 2.45) is 0 Å². The first kappa shape index (κ1) is 26.2. The van der Waals surface area contributed by atoms with Gasteiger partial charge < -0.3 is 25.0 Å². The van der Waals surface area contributed by atoms with Crippen LogP contribution in [0.15, 0.2) is 36.4 Å². The highest BCUT2D eigenvalue weighted by atomic mass is 35.5. The summed E-state index contributed by atoms with van der Waals surface area (Å²) >= 11 is 6.42. The van der Waals surface area contributed by atoms with Crippen LogP contribution in [0.1, 0.15) is 56.2 Å². The molecule has 186 valence electrons. The van der Waals surface area contributed by atoms with E-state index in [1.807, 2.05) is 30.2 Å². The Morgan fingerprint density at radius 3 is 2.74 bits per heavy atom. The molecule has 3 amide bonds. The highest BCUT2D eigenvalue weighted by Gasteiger charge is 2.31. The second-order valence-corrected chi connectivity index (χ2v) is 8.75. The lowest BCUT2D eigenvalue weighted by atomic mass is 10.0. The molecule has 0 radical (unpaired) electrons. The molecule has 7 nitrogen and oxygen atoms in total. The minimum atomic E-state index is -0.542. The maximum Gasteiger partial charge on any atom is 0.322 e. The number of nitrogens with one attached hydrogen (secondary N) is 2. The van der Waals surface area contributed by atoms with Gasteiger partial charge in [0.1, 0.15) is 0 Å². The highest BCUT2D eigenvalue weighted by Crippen LogP contribution is 2.38. The number of halogens is 1. The van der Waals surface area contributed by atoms with E-state index in [1.54, 1.807) is 24.1 Å². The van der Waals surface area contributed by atoms with Crippen molar-refractivity contribution in [1.82, 2.24) is 10.2 Å². The van der Waals surface area contributed by atoms with Gasteiger partial charge >= 0.3 is 6.03 Å². The monoisotopic (exact) mass is 497 g/mol. The van der Waals surface area contributed by atoms with Gasteiger partial charge in [-0.3, -0.25) is 4.79 Å². The Kier molecular flexibility index (Phi) is 9.68. The van der Waals surface area contributed by atoms with E-state index in [2.05, 4.69) is 17.6 Å². The third-order valence-electron chi connectivity index (χ3n) is 5.98. The summed E-state index contributed by atoms with van der Waals surface area (Å²) in [5, 5.41) is 6.30. The van der Waals surface area contributed by atoms with E-state index < -0.39 is 5.91 Å². The number of likely N-dealkylation sites (tertiary alicyclic amines) is 1. The van der Waals surface area contributed by atoms with E-state index in [-0.39, 0.29) is 18.6 Å². The fraction of sp³-hybridized carbons (Fsp3) is 0.407. The van der Waals surface area contributed by atoms with Gasteiger partial charge in [-0.1, -0.05) is 49.6 Å². The van der Waals surface area contributed by atoms with Crippen LogP contribution in [0.4, 0.5) is 10.5 Å². The SMILES string of the molecule is C#CC(=O)NCc1cc(OC)c(OCCCCC)cc1NC(=O)N1CCC[C@@H]1c1ccccc1Cl. The molecule has 0 bridgehead atoms. The van der Waals surface area contributed by atoms with E-state index in [0.717, 1.165) is 37.7 Å². The predicted octanol–water partition coefficient (Wildman–Crippen LogP) is 5.54. The Hall–Kier alpha value is -3.37. The number of carbonyl (C=O) groups excluding carboxylic acids is 2. The van der Waals surface area contributed by atoms with Crippen LogP contribution in [0.2, 0.25) is 5.02 Å². The number of amides is 3. The van der Waals surface area contributed by atoms with E-state index >= 15 is 0 Å². The van der Waals surface area contributed by atoms with Crippen LogP contribution in [0, 0.1) is 12.3 Å². The van der Waals surface area contributed by atoms with Crippen molar-refractivity contribution < 1.29 is 19.1 Å². The van der Waals surface area contributed by atoms with Crippen LogP contribution in [0.5, 0.6) is 11.5 Å². The fourth-order valence-electron chi connectivity index (χ4n) is 4.16. The Morgan fingerprint density at radius 2 is 2.03 bits per heavy atom. The number of benzene rings is 2. The molecule has 1 heterocycles. The normalized spacial score (nSPS) is 14.8. The number of hydrogen-bond acceptors (Lipinski definition) is 4. The number of urea groups is 1. The average Bonchev–Trinajstić information content (AvgIpc) is 3.36. The van der Waals surface area contributed by atoms with Crippen molar-refractivity contribution >= 4 is 29.2 Å². The summed E-state index contributed by atoms with van der Waals surface area (Å²) in [5.41, 5.74) is 2.09. The van der Waals surface area contributed by atoms with E-state index in [1.165, 1.54) is 0 Å². The zero-order chi connectivity index (χ0) is 25.2. The van der Waals surface area contributed by atoms with Crippen molar-refractivity contribution in [3.63, 3.8) is 0 Å². The first-order chi connectivity index (χ1) is 17.0. The molecule has 1 atom stereocenters. The zero-order valence-corrected chi connectivity index (χ0v) is 21.0. The maximum absolute atomic E-state index is 13.4. The summed E-state index contributed by atoms with van der Waals surface area (Å²) in [4.78, 5) is 26.9. The van der Waals surface area contributed by atoms with Gasteiger partial charge in [0.25, 0.3) is 5.91 Å². The summed E-state index contributed by atoms with van der Waals surface area (Å²) in [7, 11) is 1.55. The number of nitrogens with zero attached hydrogens (tertiary/aromatic N) is 1. The van der Waals surface area contributed by atoms with Crippen molar-refractivity contribution in [3.8, 4) is 23.8 Å². The molecule has 0 saturated carbocycles. The molecular weight excluding hydrogens is 466 g/mol. The van der Waals surface area contributed by atoms with Gasteiger partial charge in [0.15, 0.2) is 11.5 Å². The Labute approximate surface area is 212 Å². The van der Waals surface area contributed by atoms with Gasteiger partial charge in [0.05, 0.1) is 25.4 Å². The number of ether oxygens (including phenoxy) is 2. The molecule has 0 aromatic heterocycles. The molecule has 0 aliphatic carbocycles. The van der Waals surface area contributed by atoms with E-state index in [0.29, 0.717) is 40.9 Å². The molecular formula is C27H32ClN3O4. The number of carbonyl (C=O) groups is 2. The van der Waals surface area contributed by atoms with Crippen molar-refractivity contribution in [2.75, 3.05) is 25.6 Å². The molecule has 3 rings (SSSR count). The lowest BCUT2D eigenvalue weighted by Crippen LogP contribution is -2.35. The van der Waals surface area contributed by atoms with Crippen LogP contribution in [-0.4, -0.2) is 37.1 Å². The molecule has 2 N–H and O–H groups in total. The second kappa shape index (κ2) is 12.9. The molecule has 2 aromatic rings. The van der Waals surface area contributed by atoms with Gasteiger partial charge in [-0.05, 0) is 48.4 Å².